The number of anilines is 1. The molecule has 3 unspecified atom stereocenters. The van der Waals surface area contributed by atoms with Gasteiger partial charge in [-0.2, -0.15) is 0 Å². The molecule has 1 amide bonds. The first-order valence-corrected chi connectivity index (χ1v) is 60.8. The van der Waals surface area contributed by atoms with E-state index in [1.165, 1.54) is 266 Å². The van der Waals surface area contributed by atoms with Gasteiger partial charge in [0.1, 0.15) is 0 Å². The number of fused-ring (bicyclic) bond motifs is 7. The van der Waals surface area contributed by atoms with Crippen molar-refractivity contribution in [3.05, 3.63) is 29.8 Å². The Bertz CT molecular complexity index is 4010. The largest absolute Gasteiger partial charge is 0.465 e. The van der Waals surface area contributed by atoms with Gasteiger partial charge in [-0.3, -0.25) is 53.7 Å². The van der Waals surface area contributed by atoms with Crippen LogP contribution in [0.1, 0.15) is 341 Å². The predicted molar refractivity (Wildman–Crippen MR) is 616 cm³/mol. The summed E-state index contributed by atoms with van der Waals surface area (Å²) in [7, 11) is 4.56. The van der Waals surface area contributed by atoms with Crippen molar-refractivity contribution in [3.63, 3.8) is 0 Å². The van der Waals surface area contributed by atoms with Crippen molar-refractivity contribution in [2.75, 3.05) is 248 Å². The maximum Gasteiger partial charge on any atom is 0.308 e. The van der Waals surface area contributed by atoms with Crippen LogP contribution in [0.5, 0.6) is 0 Å². The number of amides is 1. The summed E-state index contributed by atoms with van der Waals surface area (Å²) in [6.45, 7) is 108. The average molecular weight is 2060 g/mol. The highest BCUT2D eigenvalue weighted by Gasteiger charge is 2.57. The van der Waals surface area contributed by atoms with Crippen LogP contribution in [-0.4, -0.2) is 424 Å². The standard InChI is InChI=1S/C21H31N3O.C18H32N2O2.C17H32N2.C14H26N2.C14H28N2.C12H24N2.C10H21NO2.C9H20N2.C9H19NO/c1-21(2,3)23-14-17-12-22(13-18(17)15-23)9-6-10-24-19-8-5-4-7-16(19)11-20(24)25;1-18(2,3)20-12-15-10-19(11-16(15)13-20)8-5-9-22-17(21)14-6-4-7-14;1-17(2,3)19-12-15-10-18(11-16(15)13-19)9-14-7-5-4-6-8-14;1-14(2,3)16-9-12-7-15(6-11-4-5-11)8-13(12)10-16;1-12(2,3)16-10-13(4)7-8-15(6)9-14(13,5)11-16;1-12(2,3)14-8-6-11-10(9-14)5-7-13(11)4;1-10(2,3)11-6-4-5-8(11)9(13)7-12;1-9(2,3)11-6-4-5-8(11)7-10;1-9(2,3)10-6-4-5-8(10)7-11/h4-5,7-8,17-18H,6,9-15H2,1-3H3;14-16H,4-13H2,1-3H3;14-16H,4-13H2,1-3H3;11-13H,4-10H2,1-3H3;7-11H2,1-6H3;10-11H,5-9H2,1-4H3;8-9,12-13H,4-7H2,1-3H3;8H,4-7,10H2,1-3H3;8,11H,4-7H2,1-3H3/t17-,18+;2*15-,16+;12-,13+;13-,14+;;8-,9?;2*8-/m....0.111/s1. The molecule has 23 nitrogen and oxygen atoms in total. The van der Waals surface area contributed by atoms with Crippen LogP contribution >= 0.6 is 0 Å². The van der Waals surface area contributed by atoms with Gasteiger partial charge in [0, 0.05) is 250 Å². The molecule has 20 rings (SSSR count). The van der Waals surface area contributed by atoms with Crippen LogP contribution in [-0.2, 0) is 20.7 Å². The Morgan fingerprint density at radius 3 is 1.23 bits per heavy atom. The lowest BCUT2D eigenvalue weighted by Gasteiger charge is -2.47. The summed E-state index contributed by atoms with van der Waals surface area (Å²) in [6, 6.07) is 10.3. The van der Waals surface area contributed by atoms with Crippen LogP contribution in [0.25, 0.3) is 0 Å². The average Bonchev–Trinajstić information content (AvgIpc) is 1.58. The van der Waals surface area contributed by atoms with Gasteiger partial charge in [0.15, 0.2) is 0 Å². The number of aliphatic hydroxyl groups is 3. The Morgan fingerprint density at radius 2 is 0.816 bits per heavy atom. The predicted octanol–water partition coefficient (Wildman–Crippen LogP) is 17.6. The lowest BCUT2D eigenvalue weighted by atomic mass is 9.64. The zero-order chi connectivity index (χ0) is 108. The quantitative estimate of drug-likeness (QED) is 0.0853. The number of hydrogen-bond acceptors (Lipinski definition) is 22. The molecule has 850 valence electrons. The van der Waals surface area contributed by atoms with Gasteiger partial charge in [-0.25, -0.2) is 0 Å². The molecule has 23 heteroatoms. The fraction of sp³-hybridized carbons (Fsp3) is 0.935. The Balaban J connectivity index is 0.000000149. The number of nitrogens with zero attached hydrogens (tertiary/aromatic N) is 16. The normalized spacial score (nSPS) is 32.4. The van der Waals surface area contributed by atoms with Crippen molar-refractivity contribution in [3.8, 4) is 0 Å². The lowest BCUT2D eigenvalue weighted by Crippen LogP contribution is -2.52. The van der Waals surface area contributed by atoms with Gasteiger partial charge in [-0.15, -0.1) is 0 Å². The minimum atomic E-state index is -0.582. The summed E-state index contributed by atoms with van der Waals surface area (Å²) in [6.07, 6.45) is 27.1. The highest BCUT2D eigenvalue weighted by Crippen LogP contribution is 2.53. The molecule has 0 bridgehead atoms. The number of carbonyl (C=O) groups excluding carboxylic acids is 2. The Hall–Kier alpha value is -2.60. The molecule has 16 heterocycles. The van der Waals surface area contributed by atoms with Crippen LogP contribution in [0, 0.1) is 81.8 Å². The molecular formula is C124H233N17O6. The summed E-state index contributed by atoms with van der Waals surface area (Å²) in [5.74, 6) is 10.8. The zero-order valence-electron chi connectivity index (χ0n) is 101. The van der Waals surface area contributed by atoms with E-state index in [0.29, 0.717) is 81.3 Å². The maximum absolute atomic E-state index is 12.3. The molecule has 19 aliphatic rings. The van der Waals surface area contributed by atoms with Crippen LogP contribution < -0.4 is 10.6 Å². The number of esters is 1. The third kappa shape index (κ3) is 34.5. The van der Waals surface area contributed by atoms with E-state index in [2.05, 4.69) is 301 Å². The number of nitrogens with two attached hydrogens (primary N) is 1. The molecule has 0 spiro atoms. The van der Waals surface area contributed by atoms with E-state index in [0.717, 1.165) is 161 Å². The molecule has 0 radical (unpaired) electrons. The number of piperidine rings is 2. The van der Waals surface area contributed by atoms with E-state index in [1.54, 1.807) is 0 Å². The first-order chi connectivity index (χ1) is 68.6. The van der Waals surface area contributed by atoms with Crippen LogP contribution in [0.15, 0.2) is 24.3 Å². The highest BCUT2D eigenvalue weighted by molar-refractivity contribution is 6.01. The van der Waals surface area contributed by atoms with Crippen molar-refractivity contribution >= 4 is 17.6 Å². The summed E-state index contributed by atoms with van der Waals surface area (Å²) < 4.78 is 5.39. The first kappa shape index (κ1) is 123. The van der Waals surface area contributed by atoms with E-state index in [9.17, 15) is 14.7 Å². The topological polar surface area (TPSA) is 182 Å². The van der Waals surface area contributed by atoms with Crippen LogP contribution in [0.3, 0.4) is 0 Å². The van der Waals surface area contributed by atoms with Crippen molar-refractivity contribution in [2.45, 2.75) is 422 Å². The van der Waals surface area contributed by atoms with Crippen molar-refractivity contribution < 1.29 is 29.6 Å². The number of likely N-dealkylation sites (tertiary alicyclic amines) is 15. The lowest BCUT2D eigenvalue weighted by molar-refractivity contribution is -0.151. The number of rotatable bonds is 17. The number of para-hydroxylation sites is 1. The highest BCUT2D eigenvalue weighted by atomic mass is 16.5. The zero-order valence-corrected chi connectivity index (χ0v) is 101. The van der Waals surface area contributed by atoms with Gasteiger partial charge >= 0.3 is 5.97 Å². The molecule has 3 saturated carbocycles. The van der Waals surface area contributed by atoms with Crippen LogP contribution in [0.2, 0.25) is 0 Å². The monoisotopic (exact) mass is 2060 g/mol. The third-order valence-corrected chi connectivity index (χ3v) is 39.5. The van der Waals surface area contributed by atoms with Gasteiger partial charge in [0.25, 0.3) is 0 Å². The molecule has 5 N–H and O–H groups in total. The van der Waals surface area contributed by atoms with Crippen LogP contribution in [0.4, 0.5) is 5.69 Å². The van der Waals surface area contributed by atoms with E-state index in [-0.39, 0.29) is 41.5 Å². The third-order valence-electron chi connectivity index (χ3n) is 39.5. The molecule has 16 atom stereocenters. The summed E-state index contributed by atoms with van der Waals surface area (Å²) in [5.41, 5.74) is 11.7. The molecule has 1 aromatic rings. The minimum Gasteiger partial charge on any atom is -0.465 e. The van der Waals surface area contributed by atoms with Crippen molar-refractivity contribution in [2.24, 2.45) is 87.6 Å². The Labute approximate surface area is 903 Å². The molecular weight excluding hydrogens is 1820 g/mol. The molecule has 147 heavy (non-hydrogen) atoms. The fourth-order valence-corrected chi connectivity index (χ4v) is 29.4. The second kappa shape index (κ2) is 52.0. The molecule has 15 saturated heterocycles. The molecule has 1 aromatic carbocycles. The van der Waals surface area contributed by atoms with Gasteiger partial charge in [0.2, 0.25) is 5.91 Å². The molecule has 3 aliphatic carbocycles. The number of carbonyl (C=O) groups is 2. The number of ether oxygens (including phenoxy) is 1. The number of benzene rings is 1. The van der Waals surface area contributed by atoms with Gasteiger partial charge in [-0.05, 0) is 437 Å². The molecule has 18 fully saturated rings. The molecule has 0 aromatic heterocycles. The summed E-state index contributed by atoms with van der Waals surface area (Å²) in [5, 5.41) is 27.6. The van der Waals surface area contributed by atoms with Gasteiger partial charge in [-0.1, -0.05) is 57.7 Å². The smallest absolute Gasteiger partial charge is 0.308 e. The summed E-state index contributed by atoms with van der Waals surface area (Å²) >= 11 is 0. The Morgan fingerprint density at radius 1 is 0.401 bits per heavy atom. The second-order valence-corrected chi connectivity index (χ2v) is 60.3. The van der Waals surface area contributed by atoms with Gasteiger partial charge in [0.05, 0.1) is 38.3 Å². The maximum atomic E-state index is 12.3. The number of hydrogen-bond donors (Lipinski definition) is 4. The van der Waals surface area contributed by atoms with E-state index in [1.807, 2.05) is 17.0 Å². The second-order valence-electron chi connectivity index (χ2n) is 60.3. The summed E-state index contributed by atoms with van der Waals surface area (Å²) in [4.78, 5) is 65.0. The first-order valence-electron chi connectivity index (χ1n) is 60.8. The van der Waals surface area contributed by atoms with Gasteiger partial charge < -0.3 is 60.1 Å². The minimum absolute atomic E-state index is 0.0466. The van der Waals surface area contributed by atoms with Crippen molar-refractivity contribution in [1.82, 2.24) is 73.5 Å². The van der Waals surface area contributed by atoms with Crippen molar-refractivity contribution in [1.29, 1.82) is 0 Å². The fourth-order valence-electron chi connectivity index (χ4n) is 29.4. The SMILES string of the molecule is CC(C)(C)N1CCC[C@@H]1C(O)CO.CC(C)(C)N1CCC[C@@H]1CN.CC(C)(C)N1CCC[C@@H]1CO.CC(C)(C)N1C[C@H]2CN(CC3CC3)C[C@H]2C1.CC(C)(C)N1C[C@H]2CN(CC3CCCCC3)C[C@H]2C1.CC(C)(C)N1C[C@H]2CN(CCCN3C(=O)Cc4ccccc43)C[C@H]2C1.CC(C)(C)N1C[C@H]2CN(CCCOC(=O)C3CCC3)C[C@H]2C1.CN1CCC2CN(C(C)(C)C)CCC21.CN1CC[C@@]2(C)CN(C(C)(C)C)C[C@@]2(C)C1. The Kier molecular flexibility index (Phi) is 43.5. The van der Waals surface area contributed by atoms with E-state index >= 15 is 0 Å². The van der Waals surface area contributed by atoms with E-state index in [4.69, 9.17) is 20.7 Å². The number of aliphatic hydroxyl groups excluding tert-OH is 3. The molecule has 16 aliphatic heterocycles. The van der Waals surface area contributed by atoms with E-state index < -0.39 is 6.10 Å².